The number of hydrogen-bond donors (Lipinski definition) is 2. The lowest BCUT2D eigenvalue weighted by atomic mass is 10.2. The van der Waals surface area contributed by atoms with Gasteiger partial charge in [-0.2, -0.15) is 0 Å². The van der Waals surface area contributed by atoms with Crippen LogP contribution in [0, 0.1) is 0 Å². The summed E-state index contributed by atoms with van der Waals surface area (Å²) in [6.45, 7) is 3.96. The van der Waals surface area contributed by atoms with Gasteiger partial charge >= 0.3 is 6.03 Å². The van der Waals surface area contributed by atoms with E-state index in [0.717, 1.165) is 5.56 Å². The zero-order valence-electron chi connectivity index (χ0n) is 15.8. The van der Waals surface area contributed by atoms with E-state index < -0.39 is 21.1 Å². The van der Waals surface area contributed by atoms with Crippen LogP contribution in [0.5, 0.6) is 0 Å². The minimum Gasteiger partial charge on any atom is -0.334 e. The van der Waals surface area contributed by atoms with Crippen molar-refractivity contribution in [3.63, 3.8) is 0 Å². The van der Waals surface area contributed by atoms with Gasteiger partial charge in [-0.3, -0.25) is 9.97 Å². The Morgan fingerprint density at radius 1 is 1.13 bits per heavy atom. The van der Waals surface area contributed by atoms with Crippen molar-refractivity contribution in [2.45, 2.75) is 16.7 Å². The lowest BCUT2D eigenvalue weighted by Crippen LogP contribution is -2.28. The zero-order chi connectivity index (χ0) is 21.6. The average molecular weight is 443 g/mol. The number of sulfone groups is 1. The number of amides is 2. The number of benzene rings is 1. The Balaban J connectivity index is 1.69. The molecule has 9 heteroatoms. The smallest absolute Gasteiger partial charge is 0.319 e. The monoisotopic (exact) mass is 442 g/mol. The first-order valence-corrected chi connectivity index (χ1v) is 10.8. The van der Waals surface area contributed by atoms with Gasteiger partial charge in [0.15, 0.2) is 9.84 Å². The van der Waals surface area contributed by atoms with Crippen LogP contribution in [0.4, 0.5) is 10.5 Å². The Bertz CT molecular complexity index is 1140. The summed E-state index contributed by atoms with van der Waals surface area (Å²) in [6, 6.07) is 10.7. The molecule has 30 heavy (non-hydrogen) atoms. The maximum Gasteiger partial charge on any atom is 0.319 e. The molecule has 0 aliphatic rings. The first-order chi connectivity index (χ1) is 14.4. The minimum absolute atomic E-state index is 0.0914. The summed E-state index contributed by atoms with van der Waals surface area (Å²) in [4.78, 5) is 20.1. The lowest BCUT2D eigenvalue weighted by Gasteiger charge is -2.15. The summed E-state index contributed by atoms with van der Waals surface area (Å²) >= 11 is 5.93. The van der Waals surface area contributed by atoms with E-state index in [9.17, 15) is 13.2 Å². The first kappa shape index (κ1) is 21.5. The molecule has 154 valence electrons. The van der Waals surface area contributed by atoms with E-state index in [-0.39, 0.29) is 4.90 Å². The summed E-state index contributed by atoms with van der Waals surface area (Å²) in [5.74, 6) is 0. The molecule has 1 atom stereocenters. The van der Waals surface area contributed by atoms with Crippen LogP contribution in [0.25, 0.3) is 0 Å². The van der Waals surface area contributed by atoms with Gasteiger partial charge in [0.05, 0.1) is 9.92 Å². The molecule has 2 heterocycles. The Labute approximate surface area is 179 Å². The van der Waals surface area contributed by atoms with Crippen molar-refractivity contribution < 1.29 is 13.2 Å². The standard InChI is InChI=1S/C21H19ClN4O3S/c1-2-20(16-10-17(22)14-24-13-16)30(28,29)19-7-5-18(6-8-19)26-21(27)25-12-15-4-3-9-23-11-15/h2-11,13-14,20H,1,12H2,(H2,25,26,27). The van der Waals surface area contributed by atoms with Crippen molar-refractivity contribution in [1.29, 1.82) is 0 Å². The third-order valence-corrected chi connectivity index (χ3v) is 6.49. The summed E-state index contributed by atoms with van der Waals surface area (Å²) in [5.41, 5.74) is 1.74. The normalized spacial score (nSPS) is 12.0. The number of carbonyl (C=O) groups excluding carboxylic acids is 1. The topological polar surface area (TPSA) is 101 Å². The highest BCUT2D eigenvalue weighted by Gasteiger charge is 2.27. The second-order valence-corrected chi connectivity index (χ2v) is 8.84. The molecule has 0 saturated heterocycles. The average Bonchev–Trinajstić information content (AvgIpc) is 2.74. The SMILES string of the molecule is C=CC(c1cncc(Cl)c1)S(=O)(=O)c1ccc(NC(=O)NCc2cccnc2)cc1. The number of anilines is 1. The molecule has 0 radical (unpaired) electrons. The van der Waals surface area contributed by atoms with Crippen molar-refractivity contribution in [2.24, 2.45) is 0 Å². The van der Waals surface area contributed by atoms with Crippen LogP contribution >= 0.6 is 11.6 Å². The number of hydrogen-bond acceptors (Lipinski definition) is 5. The zero-order valence-corrected chi connectivity index (χ0v) is 17.4. The fourth-order valence-electron chi connectivity index (χ4n) is 2.76. The van der Waals surface area contributed by atoms with Crippen LogP contribution in [0.15, 0.2) is 84.8 Å². The molecule has 0 aliphatic heterocycles. The molecule has 1 unspecified atom stereocenters. The highest BCUT2D eigenvalue weighted by atomic mass is 35.5. The third kappa shape index (κ3) is 5.22. The molecule has 0 bridgehead atoms. The number of rotatable bonds is 7. The summed E-state index contributed by atoms with van der Waals surface area (Å²) < 4.78 is 26.0. The van der Waals surface area contributed by atoms with Crippen LogP contribution in [-0.4, -0.2) is 24.4 Å². The van der Waals surface area contributed by atoms with E-state index in [4.69, 9.17) is 11.6 Å². The fraction of sp³-hybridized carbons (Fsp3) is 0.0952. The van der Waals surface area contributed by atoms with Crippen LogP contribution < -0.4 is 10.6 Å². The predicted molar refractivity (Wildman–Crippen MR) is 116 cm³/mol. The summed E-state index contributed by atoms with van der Waals surface area (Å²) in [5, 5.41) is 4.71. The molecular weight excluding hydrogens is 424 g/mol. The third-order valence-electron chi connectivity index (χ3n) is 4.22. The quantitative estimate of drug-likeness (QED) is 0.535. The Morgan fingerprint density at radius 2 is 1.90 bits per heavy atom. The Hall–Kier alpha value is -3.23. The number of carbonyl (C=O) groups is 1. The van der Waals surface area contributed by atoms with Gasteiger partial charge in [-0.15, -0.1) is 6.58 Å². The highest BCUT2D eigenvalue weighted by Crippen LogP contribution is 2.31. The molecule has 3 rings (SSSR count). The van der Waals surface area contributed by atoms with E-state index in [1.165, 1.54) is 42.7 Å². The molecule has 2 amide bonds. The number of pyridine rings is 2. The molecule has 3 aromatic rings. The second-order valence-electron chi connectivity index (χ2n) is 6.33. The molecule has 1 aromatic carbocycles. The molecule has 0 saturated carbocycles. The number of halogens is 1. The number of nitrogens with one attached hydrogen (secondary N) is 2. The highest BCUT2D eigenvalue weighted by molar-refractivity contribution is 7.91. The number of aromatic nitrogens is 2. The van der Waals surface area contributed by atoms with E-state index in [1.807, 2.05) is 6.07 Å². The summed E-state index contributed by atoms with van der Waals surface area (Å²) in [7, 11) is -3.76. The molecule has 0 aliphatic carbocycles. The number of urea groups is 1. The van der Waals surface area contributed by atoms with Gasteiger partial charge in [-0.05, 0) is 47.5 Å². The second kappa shape index (κ2) is 9.51. The Morgan fingerprint density at radius 3 is 2.53 bits per heavy atom. The van der Waals surface area contributed by atoms with Gasteiger partial charge in [0.1, 0.15) is 5.25 Å². The van der Waals surface area contributed by atoms with Gasteiger partial charge in [0.25, 0.3) is 0 Å². The predicted octanol–water partition coefficient (Wildman–Crippen LogP) is 4.15. The van der Waals surface area contributed by atoms with Gasteiger partial charge in [0.2, 0.25) is 0 Å². The summed E-state index contributed by atoms with van der Waals surface area (Å²) in [6.07, 6.45) is 7.51. The molecule has 2 aromatic heterocycles. The maximum atomic E-state index is 13.0. The molecule has 7 nitrogen and oxygen atoms in total. The van der Waals surface area contributed by atoms with E-state index in [0.29, 0.717) is 22.8 Å². The van der Waals surface area contributed by atoms with E-state index >= 15 is 0 Å². The van der Waals surface area contributed by atoms with Gasteiger partial charge in [-0.25, -0.2) is 13.2 Å². The molecule has 0 spiro atoms. The first-order valence-electron chi connectivity index (χ1n) is 8.91. The number of nitrogens with zero attached hydrogens (tertiary/aromatic N) is 2. The van der Waals surface area contributed by atoms with E-state index in [2.05, 4.69) is 27.2 Å². The van der Waals surface area contributed by atoms with Gasteiger partial charge in [0, 0.05) is 37.0 Å². The Kier molecular flexibility index (Phi) is 6.81. The van der Waals surface area contributed by atoms with Gasteiger partial charge < -0.3 is 10.6 Å². The maximum absolute atomic E-state index is 13.0. The van der Waals surface area contributed by atoms with E-state index in [1.54, 1.807) is 24.5 Å². The minimum atomic E-state index is -3.76. The van der Waals surface area contributed by atoms with Crippen molar-refractivity contribution >= 4 is 33.2 Å². The van der Waals surface area contributed by atoms with Crippen LogP contribution in [0.2, 0.25) is 5.02 Å². The van der Waals surface area contributed by atoms with Gasteiger partial charge in [-0.1, -0.05) is 23.7 Å². The largest absolute Gasteiger partial charge is 0.334 e. The fourth-order valence-corrected chi connectivity index (χ4v) is 4.49. The molecule has 2 N–H and O–H groups in total. The lowest BCUT2D eigenvalue weighted by molar-refractivity contribution is 0.251. The van der Waals surface area contributed by atoms with Crippen molar-refractivity contribution in [3.8, 4) is 0 Å². The van der Waals surface area contributed by atoms with Crippen molar-refractivity contribution in [2.75, 3.05) is 5.32 Å². The molecule has 0 fully saturated rings. The van der Waals surface area contributed by atoms with Crippen LogP contribution in [0.1, 0.15) is 16.4 Å². The van der Waals surface area contributed by atoms with Crippen LogP contribution in [-0.2, 0) is 16.4 Å². The molecular formula is C21H19ClN4O3S. The van der Waals surface area contributed by atoms with Crippen molar-refractivity contribution in [1.82, 2.24) is 15.3 Å². The van der Waals surface area contributed by atoms with Crippen molar-refractivity contribution in [3.05, 3.63) is 96.1 Å². The van der Waals surface area contributed by atoms with Crippen LogP contribution in [0.3, 0.4) is 0 Å².